The lowest BCUT2D eigenvalue weighted by Gasteiger charge is -2.14. The summed E-state index contributed by atoms with van der Waals surface area (Å²) in [5.74, 6) is -1.09. The van der Waals surface area contributed by atoms with E-state index in [9.17, 15) is 9.59 Å². The number of aryl methyl sites for hydroxylation is 1. The van der Waals surface area contributed by atoms with E-state index in [2.05, 4.69) is 17.2 Å². The van der Waals surface area contributed by atoms with Gasteiger partial charge in [0.2, 0.25) is 0 Å². The van der Waals surface area contributed by atoms with E-state index in [0.29, 0.717) is 5.69 Å². The summed E-state index contributed by atoms with van der Waals surface area (Å²) in [6, 6.07) is 5.74. The Kier molecular flexibility index (Phi) is 4.92. The molecule has 1 unspecified atom stereocenters. The zero-order valence-corrected chi connectivity index (χ0v) is 10.1. The van der Waals surface area contributed by atoms with Gasteiger partial charge in [0.05, 0.1) is 0 Å². The second-order valence-electron chi connectivity index (χ2n) is 3.83. The number of hydrogen-bond donors (Lipinski definition) is 3. The molecule has 0 aliphatic carbocycles. The molecule has 3 N–H and O–H groups in total. The molecule has 0 aromatic heterocycles. The molecule has 0 heterocycles. The summed E-state index contributed by atoms with van der Waals surface area (Å²) in [4.78, 5) is 22.5. The number of carboxylic acid groups (broad SMARTS) is 1. The normalized spacial score (nSPS) is 11.4. The Morgan fingerprint density at radius 1 is 1.44 bits per heavy atom. The quantitative estimate of drug-likeness (QED) is 0.698. The number of carbonyl (C=O) groups is 2. The average molecular weight is 248 g/mol. The first-order valence-electron chi connectivity index (χ1n) is 5.51. The Morgan fingerprint density at radius 3 is 2.67 bits per heavy atom. The number of para-hydroxylation sites is 1. The molecule has 2 amide bonds. The first-order chi connectivity index (χ1) is 8.54. The van der Waals surface area contributed by atoms with Crippen molar-refractivity contribution in [3.63, 3.8) is 0 Å². The number of urea groups is 1. The van der Waals surface area contributed by atoms with Gasteiger partial charge in [0, 0.05) is 5.69 Å². The standard InChI is InChI=1S/C13H16N2O3/c1-3-6-11(12(16)17)15-13(18)14-10-8-5-4-7-9(10)2/h3-5,7-8,11H,1,6H2,2H3,(H,16,17)(H2,14,15,18). The molecular formula is C13H16N2O3. The molecule has 0 aliphatic rings. The van der Waals surface area contributed by atoms with Crippen molar-refractivity contribution in [1.82, 2.24) is 5.32 Å². The predicted octanol–water partition coefficient (Wildman–Crippen LogP) is 2.15. The van der Waals surface area contributed by atoms with Crippen LogP contribution in [0, 0.1) is 6.92 Å². The zero-order valence-electron chi connectivity index (χ0n) is 10.1. The zero-order chi connectivity index (χ0) is 13.5. The van der Waals surface area contributed by atoms with E-state index in [1.165, 1.54) is 6.08 Å². The number of nitrogens with one attached hydrogen (secondary N) is 2. The third kappa shape index (κ3) is 3.93. The van der Waals surface area contributed by atoms with Gasteiger partial charge in [-0.1, -0.05) is 24.3 Å². The lowest BCUT2D eigenvalue weighted by molar-refractivity contribution is -0.139. The lowest BCUT2D eigenvalue weighted by Crippen LogP contribution is -2.42. The van der Waals surface area contributed by atoms with Crippen molar-refractivity contribution < 1.29 is 14.7 Å². The van der Waals surface area contributed by atoms with Crippen LogP contribution in [0.3, 0.4) is 0 Å². The average Bonchev–Trinajstić information content (AvgIpc) is 2.31. The maximum Gasteiger partial charge on any atom is 0.326 e. The number of aliphatic carboxylic acids is 1. The van der Waals surface area contributed by atoms with Gasteiger partial charge in [-0.15, -0.1) is 6.58 Å². The van der Waals surface area contributed by atoms with Crippen LogP contribution in [-0.2, 0) is 4.79 Å². The van der Waals surface area contributed by atoms with Gasteiger partial charge in [-0.25, -0.2) is 9.59 Å². The minimum atomic E-state index is -1.09. The van der Waals surface area contributed by atoms with Crippen LogP contribution in [0.1, 0.15) is 12.0 Å². The summed E-state index contributed by atoms with van der Waals surface area (Å²) < 4.78 is 0. The summed E-state index contributed by atoms with van der Waals surface area (Å²) in [6.45, 7) is 5.31. The third-order valence-electron chi connectivity index (χ3n) is 2.40. The van der Waals surface area contributed by atoms with Crippen molar-refractivity contribution in [2.45, 2.75) is 19.4 Å². The van der Waals surface area contributed by atoms with Crippen LogP contribution in [0.5, 0.6) is 0 Å². The Bertz CT molecular complexity index is 457. The molecule has 96 valence electrons. The molecule has 1 aromatic carbocycles. The van der Waals surface area contributed by atoms with Crippen LogP contribution in [0.25, 0.3) is 0 Å². The molecule has 1 atom stereocenters. The number of carbonyl (C=O) groups excluding carboxylic acids is 1. The highest BCUT2D eigenvalue weighted by Crippen LogP contribution is 2.12. The van der Waals surface area contributed by atoms with Crippen LogP contribution >= 0.6 is 0 Å². The van der Waals surface area contributed by atoms with Crippen molar-refractivity contribution in [3.05, 3.63) is 42.5 Å². The van der Waals surface area contributed by atoms with Crippen molar-refractivity contribution in [2.75, 3.05) is 5.32 Å². The van der Waals surface area contributed by atoms with Gasteiger partial charge in [-0.05, 0) is 25.0 Å². The fourth-order valence-corrected chi connectivity index (χ4v) is 1.42. The number of benzene rings is 1. The molecule has 0 radical (unpaired) electrons. The molecule has 5 nitrogen and oxygen atoms in total. The number of amides is 2. The van der Waals surface area contributed by atoms with Gasteiger partial charge in [0.15, 0.2) is 0 Å². The molecule has 0 bridgehead atoms. The van der Waals surface area contributed by atoms with Crippen molar-refractivity contribution in [2.24, 2.45) is 0 Å². The topological polar surface area (TPSA) is 78.4 Å². The Balaban J connectivity index is 2.63. The van der Waals surface area contributed by atoms with Gasteiger partial charge >= 0.3 is 12.0 Å². The van der Waals surface area contributed by atoms with Crippen molar-refractivity contribution in [3.8, 4) is 0 Å². The monoisotopic (exact) mass is 248 g/mol. The summed E-state index contributed by atoms with van der Waals surface area (Å²) >= 11 is 0. The second-order valence-corrected chi connectivity index (χ2v) is 3.83. The summed E-state index contributed by atoms with van der Waals surface area (Å²) in [5.41, 5.74) is 1.56. The van der Waals surface area contributed by atoms with Gasteiger partial charge in [0.25, 0.3) is 0 Å². The highest BCUT2D eigenvalue weighted by molar-refractivity contribution is 5.92. The summed E-state index contributed by atoms with van der Waals surface area (Å²) in [6.07, 6.45) is 1.63. The Morgan fingerprint density at radius 2 is 2.11 bits per heavy atom. The summed E-state index contributed by atoms with van der Waals surface area (Å²) in [7, 11) is 0. The van der Waals surface area contributed by atoms with Gasteiger partial charge in [0.1, 0.15) is 6.04 Å². The molecular weight excluding hydrogens is 232 g/mol. The first kappa shape index (κ1) is 13.8. The fourth-order valence-electron chi connectivity index (χ4n) is 1.42. The van der Waals surface area contributed by atoms with Crippen LogP contribution in [0.4, 0.5) is 10.5 Å². The largest absolute Gasteiger partial charge is 0.480 e. The predicted molar refractivity (Wildman–Crippen MR) is 69.6 cm³/mol. The molecule has 0 saturated heterocycles. The van der Waals surface area contributed by atoms with Crippen molar-refractivity contribution in [1.29, 1.82) is 0 Å². The first-order valence-corrected chi connectivity index (χ1v) is 5.51. The Hall–Kier alpha value is -2.30. The SMILES string of the molecule is C=CCC(NC(=O)Nc1ccccc1C)C(=O)O. The second kappa shape index (κ2) is 6.44. The van der Waals surface area contributed by atoms with Gasteiger partial charge < -0.3 is 15.7 Å². The van der Waals surface area contributed by atoms with Crippen LogP contribution in [0.15, 0.2) is 36.9 Å². The smallest absolute Gasteiger partial charge is 0.326 e. The molecule has 5 heteroatoms. The van der Waals surface area contributed by atoms with E-state index in [1.54, 1.807) is 12.1 Å². The third-order valence-corrected chi connectivity index (χ3v) is 2.40. The van der Waals surface area contributed by atoms with E-state index < -0.39 is 18.0 Å². The molecule has 1 rings (SSSR count). The van der Waals surface area contributed by atoms with E-state index in [4.69, 9.17) is 5.11 Å². The highest BCUT2D eigenvalue weighted by atomic mass is 16.4. The molecule has 0 spiro atoms. The number of anilines is 1. The molecule has 0 aliphatic heterocycles. The maximum atomic E-state index is 11.6. The van der Waals surface area contributed by atoms with Gasteiger partial charge in [-0.2, -0.15) is 0 Å². The van der Waals surface area contributed by atoms with Crippen LogP contribution in [-0.4, -0.2) is 23.1 Å². The molecule has 1 aromatic rings. The number of carboxylic acids is 1. The van der Waals surface area contributed by atoms with E-state index >= 15 is 0 Å². The highest BCUT2D eigenvalue weighted by Gasteiger charge is 2.18. The summed E-state index contributed by atoms with van der Waals surface area (Å²) in [5, 5.41) is 13.9. The molecule has 0 fully saturated rings. The number of rotatable bonds is 5. The minimum absolute atomic E-state index is 0.177. The number of hydrogen-bond acceptors (Lipinski definition) is 2. The maximum absolute atomic E-state index is 11.6. The molecule has 18 heavy (non-hydrogen) atoms. The van der Waals surface area contributed by atoms with Crippen LogP contribution in [0.2, 0.25) is 0 Å². The minimum Gasteiger partial charge on any atom is -0.480 e. The fraction of sp³-hybridized carbons (Fsp3) is 0.231. The lowest BCUT2D eigenvalue weighted by atomic mass is 10.2. The Labute approximate surface area is 106 Å². The van der Waals surface area contributed by atoms with E-state index in [0.717, 1.165) is 5.56 Å². The van der Waals surface area contributed by atoms with Gasteiger partial charge in [-0.3, -0.25) is 0 Å². The van der Waals surface area contributed by atoms with Crippen molar-refractivity contribution >= 4 is 17.7 Å². The van der Waals surface area contributed by atoms with E-state index in [1.807, 2.05) is 19.1 Å². The molecule has 0 saturated carbocycles. The van der Waals surface area contributed by atoms with Crippen LogP contribution < -0.4 is 10.6 Å². The van der Waals surface area contributed by atoms with E-state index in [-0.39, 0.29) is 6.42 Å².